The van der Waals surface area contributed by atoms with Crippen LogP contribution in [-0.2, 0) is 28.6 Å². The van der Waals surface area contributed by atoms with Crippen molar-refractivity contribution in [3.63, 3.8) is 0 Å². The highest BCUT2D eigenvalue weighted by Gasteiger charge is 2.07. The van der Waals surface area contributed by atoms with Crippen molar-refractivity contribution in [1.29, 1.82) is 0 Å². The van der Waals surface area contributed by atoms with Crippen molar-refractivity contribution in [1.82, 2.24) is 10.6 Å². The Bertz CT molecular complexity index is 399. The molecule has 0 saturated heterocycles. The van der Waals surface area contributed by atoms with E-state index in [1.807, 2.05) is 27.7 Å². The lowest BCUT2D eigenvalue weighted by atomic mass is 10.1. The number of rotatable bonds is 15. The van der Waals surface area contributed by atoms with E-state index in [1.54, 1.807) is 0 Å². The number of carbonyl (C=O) groups excluding carboxylic acids is 3. The van der Waals surface area contributed by atoms with E-state index in [4.69, 9.17) is 14.2 Å². The summed E-state index contributed by atoms with van der Waals surface area (Å²) in [6, 6.07) is 0. The Morgan fingerprint density at radius 2 is 1.28 bits per heavy atom. The number of hydrogen-bond donors (Lipinski definition) is 2. The minimum atomic E-state index is -0.247. The van der Waals surface area contributed by atoms with E-state index in [2.05, 4.69) is 10.6 Å². The normalized spacial score (nSPS) is 11.0. The molecule has 0 rings (SSSR count). The monoisotopic (exact) mass is 360 g/mol. The maximum atomic E-state index is 11.5. The molecule has 25 heavy (non-hydrogen) atoms. The summed E-state index contributed by atoms with van der Waals surface area (Å²) in [7, 11) is 0. The van der Waals surface area contributed by atoms with Gasteiger partial charge < -0.3 is 24.8 Å². The molecule has 8 heteroatoms. The zero-order valence-electron chi connectivity index (χ0n) is 15.8. The zero-order chi connectivity index (χ0) is 19.1. The molecule has 0 unspecified atom stereocenters. The van der Waals surface area contributed by atoms with E-state index in [1.165, 1.54) is 0 Å². The Kier molecular flexibility index (Phi) is 13.9. The first-order valence-electron chi connectivity index (χ1n) is 8.65. The standard InChI is InChI=1S/C17H32N2O6/c1-13(2)15(20)11-24-8-5-18-16(21)12-25-10-9-23-7-6-19-17(22)14(3)4/h13-14H,5-12H2,1-4H3,(H,18,21)(H,19,22). The third kappa shape index (κ3) is 14.5. The number of hydrogen-bond acceptors (Lipinski definition) is 6. The first kappa shape index (κ1) is 23.5. The van der Waals surface area contributed by atoms with E-state index >= 15 is 0 Å². The fraction of sp³-hybridized carbons (Fsp3) is 0.824. The quantitative estimate of drug-likeness (QED) is 0.403. The molecule has 0 aromatic heterocycles. The Hall–Kier alpha value is -1.51. The van der Waals surface area contributed by atoms with Crippen LogP contribution >= 0.6 is 0 Å². The molecular formula is C17H32N2O6. The number of nitrogens with one attached hydrogen (secondary N) is 2. The first-order valence-corrected chi connectivity index (χ1v) is 8.65. The molecule has 0 saturated carbocycles. The largest absolute Gasteiger partial charge is 0.377 e. The van der Waals surface area contributed by atoms with Crippen molar-refractivity contribution in [2.24, 2.45) is 11.8 Å². The number of ether oxygens (including phenoxy) is 3. The lowest BCUT2D eigenvalue weighted by Crippen LogP contribution is -2.32. The molecule has 0 aliphatic carbocycles. The van der Waals surface area contributed by atoms with Gasteiger partial charge in [-0.05, 0) is 0 Å². The fourth-order valence-electron chi connectivity index (χ4n) is 1.49. The van der Waals surface area contributed by atoms with Gasteiger partial charge in [0.2, 0.25) is 11.8 Å². The van der Waals surface area contributed by atoms with Gasteiger partial charge in [0.15, 0.2) is 5.78 Å². The molecule has 0 aliphatic rings. The molecule has 2 amide bonds. The van der Waals surface area contributed by atoms with Crippen LogP contribution in [0.2, 0.25) is 0 Å². The highest BCUT2D eigenvalue weighted by molar-refractivity contribution is 5.81. The molecule has 0 atom stereocenters. The van der Waals surface area contributed by atoms with Crippen LogP contribution in [0.4, 0.5) is 0 Å². The topological polar surface area (TPSA) is 103 Å². The van der Waals surface area contributed by atoms with Gasteiger partial charge in [-0.25, -0.2) is 0 Å². The molecule has 0 radical (unpaired) electrons. The molecule has 146 valence electrons. The van der Waals surface area contributed by atoms with E-state index in [-0.39, 0.29) is 49.3 Å². The minimum absolute atomic E-state index is 0.00549. The van der Waals surface area contributed by atoms with Crippen molar-refractivity contribution in [3.8, 4) is 0 Å². The third-order valence-corrected chi connectivity index (χ3v) is 3.13. The van der Waals surface area contributed by atoms with Crippen molar-refractivity contribution in [2.75, 3.05) is 52.7 Å². The van der Waals surface area contributed by atoms with Crippen LogP contribution in [0.25, 0.3) is 0 Å². The van der Waals surface area contributed by atoms with Crippen LogP contribution in [0.1, 0.15) is 27.7 Å². The van der Waals surface area contributed by atoms with Gasteiger partial charge in [0, 0.05) is 24.9 Å². The van der Waals surface area contributed by atoms with Crippen LogP contribution in [0.15, 0.2) is 0 Å². The number of amides is 2. The van der Waals surface area contributed by atoms with Gasteiger partial charge in [-0.1, -0.05) is 27.7 Å². The van der Waals surface area contributed by atoms with E-state index in [9.17, 15) is 14.4 Å². The maximum Gasteiger partial charge on any atom is 0.246 e. The van der Waals surface area contributed by atoms with Crippen molar-refractivity contribution in [3.05, 3.63) is 0 Å². The maximum absolute atomic E-state index is 11.5. The second-order valence-corrected chi connectivity index (χ2v) is 6.13. The summed E-state index contributed by atoms with van der Waals surface area (Å²) in [4.78, 5) is 34.1. The van der Waals surface area contributed by atoms with Gasteiger partial charge in [-0.2, -0.15) is 0 Å². The molecule has 0 bridgehead atoms. The number of carbonyl (C=O) groups is 3. The summed E-state index contributed by atoms with van der Waals surface area (Å²) < 4.78 is 15.6. The molecule has 0 aromatic rings. The fourth-order valence-corrected chi connectivity index (χ4v) is 1.49. The van der Waals surface area contributed by atoms with Crippen LogP contribution in [0.3, 0.4) is 0 Å². The minimum Gasteiger partial charge on any atom is -0.377 e. The van der Waals surface area contributed by atoms with Crippen molar-refractivity contribution in [2.45, 2.75) is 27.7 Å². The summed E-state index contributed by atoms with van der Waals surface area (Å²) in [5.41, 5.74) is 0. The van der Waals surface area contributed by atoms with E-state index < -0.39 is 0 Å². The number of ketones is 1. The molecule has 0 heterocycles. The summed E-state index contributed by atoms with van der Waals surface area (Å²) in [5.74, 6) is -0.296. The Morgan fingerprint density at radius 3 is 1.92 bits per heavy atom. The highest BCUT2D eigenvalue weighted by Crippen LogP contribution is 1.94. The van der Waals surface area contributed by atoms with Crippen LogP contribution in [0.5, 0.6) is 0 Å². The van der Waals surface area contributed by atoms with Crippen molar-refractivity contribution < 1.29 is 28.6 Å². The van der Waals surface area contributed by atoms with Gasteiger partial charge >= 0.3 is 0 Å². The van der Waals surface area contributed by atoms with Crippen LogP contribution < -0.4 is 10.6 Å². The predicted octanol–water partition coefficient (Wildman–Crippen LogP) is 0.150. The molecule has 0 aliphatic heterocycles. The van der Waals surface area contributed by atoms with Gasteiger partial charge in [0.05, 0.1) is 26.4 Å². The van der Waals surface area contributed by atoms with Crippen LogP contribution in [0, 0.1) is 11.8 Å². The summed E-state index contributed by atoms with van der Waals surface area (Å²) >= 11 is 0. The summed E-state index contributed by atoms with van der Waals surface area (Å²) in [5, 5.41) is 5.37. The first-order chi connectivity index (χ1) is 11.8. The van der Waals surface area contributed by atoms with Gasteiger partial charge in [-0.3, -0.25) is 14.4 Å². The molecule has 2 N–H and O–H groups in total. The second kappa shape index (κ2) is 14.8. The van der Waals surface area contributed by atoms with Crippen LogP contribution in [-0.4, -0.2) is 70.3 Å². The SMILES string of the molecule is CC(C)C(=O)COCCNC(=O)COCCOCCNC(=O)C(C)C. The Labute approximate surface area is 150 Å². The lowest BCUT2D eigenvalue weighted by molar-refractivity contribution is -0.127. The average molecular weight is 360 g/mol. The van der Waals surface area contributed by atoms with Gasteiger partial charge in [0.25, 0.3) is 0 Å². The van der Waals surface area contributed by atoms with E-state index in [0.29, 0.717) is 32.9 Å². The van der Waals surface area contributed by atoms with E-state index in [0.717, 1.165) is 0 Å². The predicted molar refractivity (Wildman–Crippen MR) is 93.2 cm³/mol. The van der Waals surface area contributed by atoms with Crippen molar-refractivity contribution >= 4 is 17.6 Å². The Morgan fingerprint density at radius 1 is 0.720 bits per heavy atom. The Balaban J connectivity index is 3.36. The summed E-state index contributed by atoms with van der Waals surface area (Å²) in [6.45, 7) is 9.42. The lowest BCUT2D eigenvalue weighted by Gasteiger charge is -2.09. The highest BCUT2D eigenvalue weighted by atomic mass is 16.5. The zero-order valence-corrected chi connectivity index (χ0v) is 15.8. The smallest absolute Gasteiger partial charge is 0.246 e. The van der Waals surface area contributed by atoms with Gasteiger partial charge in [0.1, 0.15) is 13.2 Å². The van der Waals surface area contributed by atoms with Gasteiger partial charge in [-0.15, -0.1) is 0 Å². The second-order valence-electron chi connectivity index (χ2n) is 6.13. The average Bonchev–Trinajstić information content (AvgIpc) is 2.56. The summed E-state index contributed by atoms with van der Waals surface area (Å²) in [6.07, 6.45) is 0. The molecule has 0 fully saturated rings. The third-order valence-electron chi connectivity index (χ3n) is 3.13. The number of Topliss-reactive ketones (excluding diaryl/α,β-unsaturated/α-hetero) is 1. The molecular weight excluding hydrogens is 328 g/mol. The molecule has 0 aromatic carbocycles. The molecule has 8 nitrogen and oxygen atoms in total. The molecule has 0 spiro atoms.